The molecule has 0 radical (unpaired) electrons. The molecule has 104 valence electrons. The second-order valence-corrected chi connectivity index (χ2v) is 3.81. The molecule has 0 aromatic rings. The van der Waals surface area contributed by atoms with E-state index in [1.807, 2.05) is 0 Å². The van der Waals surface area contributed by atoms with Crippen LogP contribution in [0.4, 0.5) is 0 Å². The number of aliphatic hydroxyl groups excluding tert-OH is 1. The quantitative estimate of drug-likeness (QED) is 0.366. The average molecular weight is 258 g/mol. The SMILES string of the molecule is CCCCCCOC(=O)C=CC(=O)OCCCO. The van der Waals surface area contributed by atoms with Gasteiger partial charge >= 0.3 is 11.9 Å². The van der Waals surface area contributed by atoms with Gasteiger partial charge in [0.1, 0.15) is 0 Å². The molecular formula is C13H22O5. The number of esters is 2. The van der Waals surface area contributed by atoms with E-state index in [1.165, 1.54) is 0 Å². The molecular weight excluding hydrogens is 236 g/mol. The fourth-order valence-electron chi connectivity index (χ4n) is 1.17. The third-order valence-electron chi connectivity index (χ3n) is 2.14. The Balaban J connectivity index is 3.57. The minimum absolute atomic E-state index is 0.0310. The molecule has 0 fully saturated rings. The molecule has 0 saturated carbocycles. The maximum absolute atomic E-state index is 11.2. The van der Waals surface area contributed by atoms with E-state index in [4.69, 9.17) is 14.6 Å². The van der Waals surface area contributed by atoms with Crippen molar-refractivity contribution in [2.24, 2.45) is 0 Å². The largest absolute Gasteiger partial charge is 0.463 e. The number of carbonyl (C=O) groups is 2. The molecule has 0 rings (SSSR count). The Labute approximate surface area is 108 Å². The van der Waals surface area contributed by atoms with Crippen LogP contribution in [-0.4, -0.2) is 36.9 Å². The molecule has 0 aliphatic carbocycles. The summed E-state index contributed by atoms with van der Waals surface area (Å²) in [6.45, 7) is 2.60. The van der Waals surface area contributed by atoms with Crippen molar-refractivity contribution >= 4 is 11.9 Å². The smallest absolute Gasteiger partial charge is 0.331 e. The summed E-state index contributed by atoms with van der Waals surface area (Å²) in [6.07, 6.45) is 6.62. The molecule has 0 aliphatic heterocycles. The minimum atomic E-state index is -0.605. The Bertz CT molecular complexity index is 260. The number of hydrogen-bond acceptors (Lipinski definition) is 5. The summed E-state index contributed by atoms with van der Waals surface area (Å²) in [5.41, 5.74) is 0. The van der Waals surface area contributed by atoms with Crippen molar-refractivity contribution in [1.29, 1.82) is 0 Å². The summed E-state index contributed by atoms with van der Waals surface area (Å²) in [4.78, 5) is 22.2. The predicted molar refractivity (Wildman–Crippen MR) is 66.9 cm³/mol. The van der Waals surface area contributed by atoms with E-state index in [1.54, 1.807) is 0 Å². The first-order valence-electron chi connectivity index (χ1n) is 6.33. The first-order valence-corrected chi connectivity index (χ1v) is 6.33. The highest BCUT2D eigenvalue weighted by atomic mass is 16.5. The van der Waals surface area contributed by atoms with Gasteiger partial charge in [-0.2, -0.15) is 0 Å². The maximum atomic E-state index is 11.2. The van der Waals surface area contributed by atoms with Crippen LogP contribution in [0.3, 0.4) is 0 Å². The summed E-state index contributed by atoms with van der Waals surface area (Å²) in [5, 5.41) is 8.47. The van der Waals surface area contributed by atoms with Crippen LogP contribution < -0.4 is 0 Å². The van der Waals surface area contributed by atoms with Crippen molar-refractivity contribution in [1.82, 2.24) is 0 Å². The Morgan fingerprint density at radius 3 is 2.00 bits per heavy atom. The number of aliphatic hydroxyl groups is 1. The lowest BCUT2D eigenvalue weighted by Crippen LogP contribution is -2.06. The van der Waals surface area contributed by atoms with Crippen LogP contribution in [0, 0.1) is 0 Å². The van der Waals surface area contributed by atoms with Crippen LogP contribution >= 0.6 is 0 Å². The highest BCUT2D eigenvalue weighted by Crippen LogP contribution is 1.99. The zero-order chi connectivity index (χ0) is 13.6. The molecule has 0 bridgehead atoms. The normalized spacial score (nSPS) is 10.6. The van der Waals surface area contributed by atoms with Crippen LogP contribution in [0.2, 0.25) is 0 Å². The zero-order valence-corrected chi connectivity index (χ0v) is 10.9. The van der Waals surface area contributed by atoms with Gasteiger partial charge in [0, 0.05) is 25.2 Å². The van der Waals surface area contributed by atoms with Crippen LogP contribution in [0.25, 0.3) is 0 Å². The Hall–Kier alpha value is -1.36. The monoisotopic (exact) mass is 258 g/mol. The summed E-state index contributed by atoms with van der Waals surface area (Å²) in [5.74, 6) is -1.14. The molecule has 0 spiro atoms. The molecule has 5 heteroatoms. The van der Waals surface area contributed by atoms with Gasteiger partial charge in [-0.05, 0) is 6.42 Å². The molecule has 0 unspecified atom stereocenters. The van der Waals surface area contributed by atoms with Gasteiger partial charge in [0.2, 0.25) is 0 Å². The highest BCUT2D eigenvalue weighted by Gasteiger charge is 2.00. The van der Waals surface area contributed by atoms with Crippen molar-refractivity contribution < 1.29 is 24.2 Å². The number of hydrogen-bond donors (Lipinski definition) is 1. The molecule has 1 N–H and O–H groups in total. The number of carbonyl (C=O) groups excluding carboxylic acids is 2. The van der Waals surface area contributed by atoms with Crippen molar-refractivity contribution in [3.8, 4) is 0 Å². The Morgan fingerprint density at radius 1 is 0.944 bits per heavy atom. The van der Waals surface area contributed by atoms with Gasteiger partial charge in [0.15, 0.2) is 0 Å². The van der Waals surface area contributed by atoms with Crippen LogP contribution in [0.15, 0.2) is 12.2 Å². The van der Waals surface area contributed by atoms with Gasteiger partial charge in [0.25, 0.3) is 0 Å². The first-order chi connectivity index (χ1) is 8.70. The summed E-state index contributed by atoms with van der Waals surface area (Å²) < 4.78 is 9.59. The van der Waals surface area contributed by atoms with Crippen molar-refractivity contribution in [2.45, 2.75) is 39.0 Å². The molecule has 0 saturated heterocycles. The second-order valence-electron chi connectivity index (χ2n) is 3.81. The van der Waals surface area contributed by atoms with E-state index in [2.05, 4.69) is 6.92 Å². The van der Waals surface area contributed by atoms with E-state index in [9.17, 15) is 9.59 Å². The standard InChI is InChI=1S/C13H22O5/c1-2-3-4-5-10-17-12(15)7-8-13(16)18-11-6-9-14/h7-8,14H,2-6,9-11H2,1H3. The molecule has 0 amide bonds. The highest BCUT2D eigenvalue weighted by molar-refractivity contribution is 5.91. The Kier molecular flexibility index (Phi) is 11.2. The fourth-order valence-corrected chi connectivity index (χ4v) is 1.17. The molecule has 5 nitrogen and oxygen atoms in total. The average Bonchev–Trinajstić information content (AvgIpc) is 2.36. The fraction of sp³-hybridized carbons (Fsp3) is 0.692. The molecule has 0 aliphatic rings. The lowest BCUT2D eigenvalue weighted by Gasteiger charge is -2.01. The summed E-state index contributed by atoms with van der Waals surface area (Å²) in [7, 11) is 0. The Morgan fingerprint density at radius 2 is 1.50 bits per heavy atom. The van der Waals surface area contributed by atoms with Crippen molar-refractivity contribution in [3.05, 3.63) is 12.2 Å². The number of rotatable bonds is 10. The molecule has 0 aromatic heterocycles. The van der Waals surface area contributed by atoms with Gasteiger partial charge in [-0.3, -0.25) is 0 Å². The van der Waals surface area contributed by atoms with Crippen molar-refractivity contribution in [3.63, 3.8) is 0 Å². The zero-order valence-electron chi connectivity index (χ0n) is 10.9. The third-order valence-corrected chi connectivity index (χ3v) is 2.14. The minimum Gasteiger partial charge on any atom is -0.463 e. The van der Waals surface area contributed by atoms with E-state index in [0.29, 0.717) is 13.0 Å². The molecule has 0 atom stereocenters. The van der Waals surface area contributed by atoms with Gasteiger partial charge in [-0.1, -0.05) is 26.2 Å². The van der Waals surface area contributed by atoms with Crippen LogP contribution in [-0.2, 0) is 19.1 Å². The van der Waals surface area contributed by atoms with E-state index < -0.39 is 11.9 Å². The summed E-state index contributed by atoms with van der Waals surface area (Å²) in [6, 6.07) is 0. The van der Waals surface area contributed by atoms with Crippen LogP contribution in [0.1, 0.15) is 39.0 Å². The van der Waals surface area contributed by atoms with Gasteiger partial charge in [0.05, 0.1) is 13.2 Å². The molecule has 0 aromatic carbocycles. The lowest BCUT2D eigenvalue weighted by atomic mass is 10.2. The molecule has 0 heterocycles. The van der Waals surface area contributed by atoms with E-state index in [-0.39, 0.29) is 13.2 Å². The van der Waals surface area contributed by atoms with Gasteiger partial charge < -0.3 is 14.6 Å². The number of unbranched alkanes of at least 4 members (excludes halogenated alkanes) is 3. The van der Waals surface area contributed by atoms with E-state index >= 15 is 0 Å². The maximum Gasteiger partial charge on any atom is 0.331 e. The lowest BCUT2D eigenvalue weighted by molar-refractivity contribution is -0.140. The van der Waals surface area contributed by atoms with E-state index in [0.717, 1.165) is 37.8 Å². The van der Waals surface area contributed by atoms with Crippen molar-refractivity contribution in [2.75, 3.05) is 19.8 Å². The number of ether oxygens (including phenoxy) is 2. The topological polar surface area (TPSA) is 72.8 Å². The first kappa shape index (κ1) is 16.6. The summed E-state index contributed by atoms with van der Waals surface area (Å²) >= 11 is 0. The van der Waals surface area contributed by atoms with Gasteiger partial charge in [-0.15, -0.1) is 0 Å². The third kappa shape index (κ3) is 11.1. The van der Waals surface area contributed by atoms with Crippen LogP contribution in [0.5, 0.6) is 0 Å². The molecule has 18 heavy (non-hydrogen) atoms. The second kappa shape index (κ2) is 12.1. The van der Waals surface area contributed by atoms with Gasteiger partial charge in [-0.25, -0.2) is 9.59 Å². The predicted octanol–water partition coefficient (Wildman–Crippen LogP) is 1.59.